The van der Waals surface area contributed by atoms with Gasteiger partial charge in [0, 0.05) is 5.70 Å². The van der Waals surface area contributed by atoms with E-state index in [1.807, 2.05) is 6.92 Å². The van der Waals surface area contributed by atoms with E-state index < -0.39 is 42.1 Å². The average Bonchev–Trinajstić information content (AvgIpc) is 2.62. The van der Waals surface area contributed by atoms with Crippen molar-refractivity contribution in [2.75, 3.05) is 6.61 Å². The number of carbonyl (C=O) groups excluding carboxylic acids is 2. The Labute approximate surface area is 167 Å². The van der Waals surface area contributed by atoms with Crippen LogP contribution in [0.1, 0.15) is 31.9 Å². The number of esters is 1. The molecule has 0 aromatic heterocycles. The lowest BCUT2D eigenvalue weighted by Crippen LogP contribution is -2.49. The zero-order valence-corrected chi connectivity index (χ0v) is 15.8. The van der Waals surface area contributed by atoms with Crippen molar-refractivity contribution in [3.8, 4) is 5.75 Å². The van der Waals surface area contributed by atoms with Gasteiger partial charge in [-0.05, 0) is 31.0 Å². The Balaban J connectivity index is 2.36. The number of ether oxygens (including phenoxy) is 2. The molecule has 0 fully saturated rings. The van der Waals surface area contributed by atoms with Gasteiger partial charge in [0.2, 0.25) is 0 Å². The standard InChI is InChI=1S/C18H18F6N2O4/c1-3-8-29-11-6-4-10(5-7-11)13-12(9(2)25-16(28)26-13)14(27)30-15(17(19,20)21)18(22,23)24/h4-7,13,15H,3,8H2,1-2H3,(H2,25,26,28)/t13-/m0/s1. The molecule has 1 heterocycles. The van der Waals surface area contributed by atoms with E-state index in [0.717, 1.165) is 13.3 Å². The van der Waals surface area contributed by atoms with E-state index in [-0.39, 0.29) is 11.3 Å². The highest BCUT2D eigenvalue weighted by Crippen LogP contribution is 2.37. The number of hydrogen-bond donors (Lipinski definition) is 2. The van der Waals surface area contributed by atoms with Crippen molar-refractivity contribution >= 4 is 12.0 Å². The predicted octanol–water partition coefficient (Wildman–Crippen LogP) is 4.14. The van der Waals surface area contributed by atoms with E-state index in [2.05, 4.69) is 15.4 Å². The fourth-order valence-corrected chi connectivity index (χ4v) is 2.68. The minimum atomic E-state index is -5.86. The predicted molar refractivity (Wildman–Crippen MR) is 91.3 cm³/mol. The van der Waals surface area contributed by atoms with E-state index in [0.29, 0.717) is 12.4 Å². The molecule has 1 aliphatic heterocycles. The second-order valence-corrected chi connectivity index (χ2v) is 6.36. The van der Waals surface area contributed by atoms with E-state index in [4.69, 9.17) is 4.74 Å². The van der Waals surface area contributed by atoms with E-state index in [1.165, 1.54) is 24.3 Å². The second kappa shape index (κ2) is 8.84. The van der Waals surface area contributed by atoms with Gasteiger partial charge in [0.15, 0.2) is 0 Å². The van der Waals surface area contributed by atoms with Crippen LogP contribution in [-0.4, -0.2) is 37.1 Å². The van der Waals surface area contributed by atoms with Gasteiger partial charge in [0.1, 0.15) is 5.75 Å². The number of urea groups is 1. The van der Waals surface area contributed by atoms with Gasteiger partial charge >= 0.3 is 24.4 Å². The Hall–Kier alpha value is -2.92. The molecule has 30 heavy (non-hydrogen) atoms. The number of alkyl halides is 6. The van der Waals surface area contributed by atoms with Gasteiger partial charge in [-0.3, -0.25) is 0 Å². The van der Waals surface area contributed by atoms with Gasteiger partial charge in [0.25, 0.3) is 6.10 Å². The molecule has 0 unspecified atom stereocenters. The Morgan fingerprint density at radius 3 is 2.17 bits per heavy atom. The van der Waals surface area contributed by atoms with E-state index in [1.54, 1.807) is 0 Å². The molecule has 0 saturated carbocycles. The summed E-state index contributed by atoms with van der Waals surface area (Å²) in [5, 5.41) is 4.44. The van der Waals surface area contributed by atoms with Gasteiger partial charge < -0.3 is 20.1 Å². The van der Waals surface area contributed by atoms with Gasteiger partial charge in [-0.15, -0.1) is 0 Å². The minimum Gasteiger partial charge on any atom is -0.494 e. The first-order valence-electron chi connectivity index (χ1n) is 8.70. The summed E-state index contributed by atoms with van der Waals surface area (Å²) in [6.45, 7) is 3.48. The highest BCUT2D eigenvalue weighted by Gasteiger charge is 2.60. The molecule has 0 bridgehead atoms. The quantitative estimate of drug-likeness (QED) is 0.515. The summed E-state index contributed by atoms with van der Waals surface area (Å²) < 4.78 is 85.7. The van der Waals surface area contributed by atoms with Gasteiger partial charge in [-0.25, -0.2) is 9.59 Å². The van der Waals surface area contributed by atoms with Crippen LogP contribution >= 0.6 is 0 Å². The van der Waals surface area contributed by atoms with Crippen LogP contribution in [-0.2, 0) is 9.53 Å². The molecule has 1 atom stereocenters. The zero-order valence-electron chi connectivity index (χ0n) is 15.8. The first kappa shape index (κ1) is 23.4. The van der Waals surface area contributed by atoms with Crippen LogP contribution in [0.4, 0.5) is 31.1 Å². The maximum absolute atomic E-state index is 12.8. The van der Waals surface area contributed by atoms with Crippen molar-refractivity contribution in [1.29, 1.82) is 0 Å². The molecule has 1 aliphatic rings. The molecule has 0 saturated heterocycles. The van der Waals surface area contributed by atoms with Crippen LogP contribution in [0.3, 0.4) is 0 Å². The molecule has 0 spiro atoms. The first-order chi connectivity index (χ1) is 13.8. The molecule has 6 nitrogen and oxygen atoms in total. The van der Waals surface area contributed by atoms with Crippen molar-refractivity contribution in [2.24, 2.45) is 0 Å². The number of halogens is 6. The van der Waals surface area contributed by atoms with Crippen molar-refractivity contribution in [3.63, 3.8) is 0 Å². The molecule has 2 N–H and O–H groups in total. The van der Waals surface area contributed by atoms with Crippen LogP contribution in [0.25, 0.3) is 0 Å². The number of rotatable bonds is 6. The van der Waals surface area contributed by atoms with Crippen LogP contribution in [0, 0.1) is 0 Å². The average molecular weight is 440 g/mol. The van der Waals surface area contributed by atoms with E-state index >= 15 is 0 Å². The number of benzene rings is 1. The van der Waals surface area contributed by atoms with Crippen molar-refractivity contribution in [1.82, 2.24) is 10.6 Å². The Bertz CT molecular complexity index is 803. The van der Waals surface area contributed by atoms with Crippen molar-refractivity contribution in [3.05, 3.63) is 41.1 Å². The summed E-state index contributed by atoms with van der Waals surface area (Å²) in [6, 6.07) is 3.72. The number of amides is 2. The zero-order chi connectivity index (χ0) is 22.7. The monoisotopic (exact) mass is 440 g/mol. The smallest absolute Gasteiger partial charge is 0.434 e. The maximum Gasteiger partial charge on any atom is 0.434 e. The van der Waals surface area contributed by atoms with Gasteiger partial charge in [-0.2, -0.15) is 26.3 Å². The topological polar surface area (TPSA) is 76.7 Å². The summed E-state index contributed by atoms with van der Waals surface area (Å²) in [5.41, 5.74) is -0.589. The van der Waals surface area contributed by atoms with Crippen LogP contribution < -0.4 is 15.4 Å². The molecule has 2 rings (SSSR count). The molecule has 0 radical (unpaired) electrons. The fourth-order valence-electron chi connectivity index (χ4n) is 2.68. The second-order valence-electron chi connectivity index (χ2n) is 6.36. The Morgan fingerprint density at radius 1 is 1.10 bits per heavy atom. The van der Waals surface area contributed by atoms with E-state index in [9.17, 15) is 35.9 Å². The molecule has 1 aromatic carbocycles. The number of allylic oxidation sites excluding steroid dienone is 1. The lowest BCUT2D eigenvalue weighted by molar-refractivity contribution is -0.312. The highest BCUT2D eigenvalue weighted by atomic mass is 19.4. The molecular weight excluding hydrogens is 422 g/mol. The van der Waals surface area contributed by atoms with Gasteiger partial charge in [-0.1, -0.05) is 19.1 Å². The van der Waals surface area contributed by atoms with Crippen LogP contribution in [0.5, 0.6) is 5.75 Å². The lowest BCUT2D eigenvalue weighted by atomic mass is 9.95. The molecule has 0 aliphatic carbocycles. The summed E-state index contributed by atoms with van der Waals surface area (Å²) in [5.74, 6) is -1.41. The SMILES string of the molecule is CCCOc1ccc([C@@H]2NC(=O)NC(C)=C2C(=O)OC(C(F)(F)F)C(F)(F)F)cc1. The Kier molecular flexibility index (Phi) is 6.88. The summed E-state index contributed by atoms with van der Waals surface area (Å²) >= 11 is 0. The third-order valence-electron chi connectivity index (χ3n) is 3.99. The van der Waals surface area contributed by atoms with Gasteiger partial charge in [0.05, 0.1) is 18.2 Å². The van der Waals surface area contributed by atoms with Crippen LogP contribution in [0.2, 0.25) is 0 Å². The minimum absolute atomic E-state index is 0.232. The molecule has 166 valence electrons. The fraction of sp³-hybridized carbons (Fsp3) is 0.444. The third-order valence-corrected chi connectivity index (χ3v) is 3.99. The lowest BCUT2D eigenvalue weighted by Gasteiger charge is -2.30. The summed E-state index contributed by atoms with van der Waals surface area (Å²) in [7, 11) is 0. The number of carbonyl (C=O) groups is 2. The molecule has 2 amide bonds. The summed E-state index contributed by atoms with van der Waals surface area (Å²) in [4.78, 5) is 24.1. The summed E-state index contributed by atoms with van der Waals surface area (Å²) in [6.07, 6.45) is -15.3. The van der Waals surface area contributed by atoms with Crippen molar-refractivity contribution in [2.45, 2.75) is 44.8 Å². The third kappa shape index (κ3) is 5.57. The first-order valence-corrected chi connectivity index (χ1v) is 8.70. The maximum atomic E-state index is 12.8. The van der Waals surface area contributed by atoms with Crippen LogP contribution in [0.15, 0.2) is 35.5 Å². The number of hydrogen-bond acceptors (Lipinski definition) is 4. The highest BCUT2D eigenvalue weighted by molar-refractivity contribution is 5.95. The molecule has 12 heteroatoms. The Morgan fingerprint density at radius 2 is 1.67 bits per heavy atom. The molecular formula is C18H18F6N2O4. The normalized spacial score (nSPS) is 17.5. The largest absolute Gasteiger partial charge is 0.494 e. The molecule has 1 aromatic rings. The van der Waals surface area contributed by atoms with Crippen molar-refractivity contribution < 1.29 is 45.4 Å². The number of nitrogens with one attached hydrogen (secondary N) is 2.